The summed E-state index contributed by atoms with van der Waals surface area (Å²) < 4.78 is 0.768. The van der Waals surface area contributed by atoms with Crippen molar-refractivity contribution in [3.8, 4) is 0 Å². The van der Waals surface area contributed by atoms with Gasteiger partial charge in [-0.05, 0) is 18.2 Å². The molecule has 0 aliphatic rings. The zero-order valence-electron chi connectivity index (χ0n) is 10.9. The second-order valence-electron chi connectivity index (χ2n) is 4.24. The zero-order valence-corrected chi connectivity index (χ0v) is 12.4. The average molecular weight is 343 g/mol. The van der Waals surface area contributed by atoms with E-state index in [9.17, 15) is 14.4 Å². The monoisotopic (exact) mass is 342 g/mol. The number of amides is 2. The maximum Gasteiger partial charge on any atom is 0.308 e. The number of benzene rings is 1. The summed E-state index contributed by atoms with van der Waals surface area (Å²) in [7, 11) is 0. The van der Waals surface area contributed by atoms with Gasteiger partial charge in [-0.15, -0.1) is 0 Å². The van der Waals surface area contributed by atoms with E-state index in [4.69, 9.17) is 5.11 Å². The number of carbonyl (C=O) groups excluding carboxylic acids is 2. The Balaban J connectivity index is 2.37. The van der Waals surface area contributed by atoms with Gasteiger partial charge in [0.1, 0.15) is 0 Å². The van der Waals surface area contributed by atoms with Crippen molar-refractivity contribution in [2.45, 2.75) is 6.92 Å². The number of halogens is 1. The fourth-order valence-electron chi connectivity index (χ4n) is 1.31. The third kappa shape index (κ3) is 5.40. The summed E-state index contributed by atoms with van der Waals surface area (Å²) in [5, 5.41) is 13.6. The lowest BCUT2D eigenvalue weighted by atomic mass is 10.2. The molecule has 6 nitrogen and oxygen atoms in total. The van der Waals surface area contributed by atoms with Crippen LogP contribution in [0.5, 0.6) is 0 Å². The maximum absolute atomic E-state index is 11.7. The van der Waals surface area contributed by atoms with Crippen LogP contribution in [0.15, 0.2) is 28.7 Å². The van der Waals surface area contributed by atoms with Crippen LogP contribution in [-0.4, -0.2) is 36.0 Å². The molecule has 0 saturated heterocycles. The van der Waals surface area contributed by atoms with Crippen LogP contribution in [0.4, 0.5) is 0 Å². The van der Waals surface area contributed by atoms with E-state index in [1.54, 1.807) is 24.3 Å². The molecule has 0 spiro atoms. The highest BCUT2D eigenvalue weighted by atomic mass is 79.9. The first kappa shape index (κ1) is 16.2. The molecule has 0 aliphatic carbocycles. The summed E-state index contributed by atoms with van der Waals surface area (Å²) in [6.07, 6.45) is 0. The summed E-state index contributed by atoms with van der Waals surface area (Å²) in [6.45, 7) is 1.32. The largest absolute Gasteiger partial charge is 0.481 e. The number of aliphatic carboxylic acids is 1. The minimum Gasteiger partial charge on any atom is -0.481 e. The van der Waals surface area contributed by atoms with Gasteiger partial charge in [0.05, 0.1) is 12.5 Å². The Morgan fingerprint density at radius 1 is 1.30 bits per heavy atom. The van der Waals surface area contributed by atoms with Crippen LogP contribution in [-0.2, 0) is 9.59 Å². The van der Waals surface area contributed by atoms with Gasteiger partial charge in [0.2, 0.25) is 5.91 Å². The molecule has 1 atom stereocenters. The summed E-state index contributed by atoms with van der Waals surface area (Å²) in [5.41, 5.74) is 0.436. The highest BCUT2D eigenvalue weighted by Crippen LogP contribution is 2.11. The van der Waals surface area contributed by atoms with Gasteiger partial charge in [-0.3, -0.25) is 14.4 Å². The standard InChI is InChI=1S/C13H15BrN2O4/c1-8(13(19)20)6-15-11(17)7-16-12(18)9-3-2-4-10(14)5-9/h2-5,8H,6-7H2,1H3,(H,15,17)(H,16,18)(H,19,20). The molecule has 1 rings (SSSR count). The van der Waals surface area contributed by atoms with Crippen molar-refractivity contribution >= 4 is 33.7 Å². The summed E-state index contributed by atoms with van der Waals surface area (Å²) >= 11 is 3.25. The summed E-state index contributed by atoms with van der Waals surface area (Å²) in [4.78, 5) is 33.8. The van der Waals surface area contributed by atoms with E-state index in [-0.39, 0.29) is 19.0 Å². The Morgan fingerprint density at radius 3 is 2.60 bits per heavy atom. The van der Waals surface area contributed by atoms with Crippen molar-refractivity contribution < 1.29 is 19.5 Å². The Morgan fingerprint density at radius 2 is 2.00 bits per heavy atom. The summed E-state index contributed by atoms with van der Waals surface area (Å²) in [5.74, 6) is -2.45. The molecule has 0 aliphatic heterocycles. The third-order valence-corrected chi connectivity index (χ3v) is 3.02. The van der Waals surface area contributed by atoms with E-state index < -0.39 is 17.8 Å². The molecule has 0 heterocycles. The molecule has 0 aromatic heterocycles. The number of rotatable bonds is 6. The lowest BCUT2D eigenvalue weighted by Crippen LogP contribution is -2.39. The summed E-state index contributed by atoms with van der Waals surface area (Å²) in [6, 6.07) is 6.77. The predicted octanol–water partition coefficient (Wildman–Crippen LogP) is 1.02. The zero-order chi connectivity index (χ0) is 15.1. The van der Waals surface area contributed by atoms with Gasteiger partial charge in [-0.2, -0.15) is 0 Å². The van der Waals surface area contributed by atoms with Crippen molar-refractivity contribution in [1.29, 1.82) is 0 Å². The van der Waals surface area contributed by atoms with E-state index in [0.29, 0.717) is 5.56 Å². The van der Waals surface area contributed by atoms with E-state index >= 15 is 0 Å². The number of carboxylic acids is 1. The van der Waals surface area contributed by atoms with Gasteiger partial charge in [-0.1, -0.05) is 28.9 Å². The SMILES string of the molecule is CC(CNC(=O)CNC(=O)c1cccc(Br)c1)C(=O)O. The van der Waals surface area contributed by atoms with Gasteiger partial charge >= 0.3 is 5.97 Å². The normalized spacial score (nSPS) is 11.5. The lowest BCUT2D eigenvalue weighted by molar-refractivity contribution is -0.141. The van der Waals surface area contributed by atoms with Crippen molar-refractivity contribution in [2.24, 2.45) is 5.92 Å². The van der Waals surface area contributed by atoms with Crippen molar-refractivity contribution in [3.63, 3.8) is 0 Å². The molecule has 1 aromatic carbocycles. The molecule has 7 heteroatoms. The lowest BCUT2D eigenvalue weighted by Gasteiger charge is -2.09. The number of nitrogens with one attached hydrogen (secondary N) is 2. The van der Waals surface area contributed by atoms with Crippen LogP contribution >= 0.6 is 15.9 Å². The average Bonchev–Trinajstić information content (AvgIpc) is 2.41. The second-order valence-corrected chi connectivity index (χ2v) is 5.15. The first-order valence-corrected chi connectivity index (χ1v) is 6.72. The Bertz CT molecular complexity index is 519. The second kappa shape index (κ2) is 7.64. The molecule has 1 aromatic rings. The van der Waals surface area contributed by atoms with Crippen LogP contribution in [0.1, 0.15) is 17.3 Å². The Hall–Kier alpha value is -1.89. The van der Waals surface area contributed by atoms with Crippen LogP contribution in [0.25, 0.3) is 0 Å². The van der Waals surface area contributed by atoms with Crippen LogP contribution in [0, 0.1) is 5.92 Å². The molecule has 0 bridgehead atoms. The van der Waals surface area contributed by atoms with E-state index in [1.807, 2.05) is 0 Å². The number of hydrogen-bond acceptors (Lipinski definition) is 3. The Labute approximate surface area is 124 Å². The topological polar surface area (TPSA) is 95.5 Å². The number of carboxylic acid groups (broad SMARTS) is 1. The fourth-order valence-corrected chi connectivity index (χ4v) is 1.71. The van der Waals surface area contributed by atoms with Gasteiger partial charge < -0.3 is 15.7 Å². The minimum absolute atomic E-state index is 0.0287. The molecule has 0 radical (unpaired) electrons. The molecule has 3 N–H and O–H groups in total. The fraction of sp³-hybridized carbons (Fsp3) is 0.308. The maximum atomic E-state index is 11.7. The van der Waals surface area contributed by atoms with Crippen LogP contribution in [0.2, 0.25) is 0 Å². The van der Waals surface area contributed by atoms with E-state index in [2.05, 4.69) is 26.6 Å². The van der Waals surface area contributed by atoms with Crippen LogP contribution in [0.3, 0.4) is 0 Å². The highest BCUT2D eigenvalue weighted by Gasteiger charge is 2.13. The quantitative estimate of drug-likeness (QED) is 0.719. The van der Waals surface area contributed by atoms with Gasteiger partial charge in [-0.25, -0.2) is 0 Å². The van der Waals surface area contributed by atoms with Gasteiger partial charge in [0.25, 0.3) is 5.91 Å². The molecule has 20 heavy (non-hydrogen) atoms. The minimum atomic E-state index is -0.983. The first-order chi connectivity index (χ1) is 9.40. The van der Waals surface area contributed by atoms with Gasteiger partial charge in [0, 0.05) is 16.6 Å². The number of carbonyl (C=O) groups is 3. The Kier molecular flexibility index (Phi) is 6.17. The molecular weight excluding hydrogens is 328 g/mol. The third-order valence-electron chi connectivity index (χ3n) is 2.52. The number of hydrogen-bond donors (Lipinski definition) is 3. The molecule has 0 fully saturated rings. The molecule has 1 unspecified atom stereocenters. The van der Waals surface area contributed by atoms with Crippen molar-refractivity contribution in [1.82, 2.24) is 10.6 Å². The smallest absolute Gasteiger partial charge is 0.308 e. The first-order valence-electron chi connectivity index (χ1n) is 5.93. The molecular formula is C13H15BrN2O4. The molecule has 2 amide bonds. The predicted molar refractivity (Wildman–Crippen MR) is 76.3 cm³/mol. The molecule has 0 saturated carbocycles. The van der Waals surface area contributed by atoms with E-state index in [0.717, 1.165) is 4.47 Å². The highest BCUT2D eigenvalue weighted by molar-refractivity contribution is 9.10. The van der Waals surface area contributed by atoms with Crippen molar-refractivity contribution in [3.05, 3.63) is 34.3 Å². The van der Waals surface area contributed by atoms with Gasteiger partial charge in [0.15, 0.2) is 0 Å². The molecule has 108 valence electrons. The van der Waals surface area contributed by atoms with Crippen LogP contribution < -0.4 is 10.6 Å². The van der Waals surface area contributed by atoms with Crippen molar-refractivity contribution in [2.75, 3.05) is 13.1 Å². The van der Waals surface area contributed by atoms with E-state index in [1.165, 1.54) is 6.92 Å².